The van der Waals surface area contributed by atoms with Crippen LogP contribution in [0.25, 0.3) is 11.3 Å². The van der Waals surface area contributed by atoms with Crippen molar-refractivity contribution in [2.24, 2.45) is 17.8 Å². The molecular weight excluding hydrogens is 364 g/mol. The molecule has 0 saturated heterocycles. The summed E-state index contributed by atoms with van der Waals surface area (Å²) in [5, 5.41) is 9.87. The Morgan fingerprint density at radius 1 is 1.31 bits per heavy atom. The van der Waals surface area contributed by atoms with Gasteiger partial charge in [-0.25, -0.2) is 9.78 Å². The molecule has 1 aromatic heterocycles. The zero-order valence-corrected chi connectivity index (χ0v) is 17.6. The highest BCUT2D eigenvalue weighted by molar-refractivity contribution is 5.72. The summed E-state index contributed by atoms with van der Waals surface area (Å²) in [5.41, 5.74) is 3.56. The molecular formula is C24H32N2O3. The maximum Gasteiger partial charge on any atom is 0.332 e. The molecule has 0 radical (unpaired) electrons. The SMILES string of the molecule is CC(C)[C@H]1CC[C@H](C)C[C@H]1OC(CCC1c2ccccc2-c2cncn21)C(=O)O. The van der Waals surface area contributed by atoms with Crippen LogP contribution >= 0.6 is 0 Å². The minimum absolute atomic E-state index is 0.0412. The van der Waals surface area contributed by atoms with Crippen molar-refractivity contribution in [2.75, 3.05) is 0 Å². The van der Waals surface area contributed by atoms with Crippen molar-refractivity contribution in [3.8, 4) is 11.3 Å². The van der Waals surface area contributed by atoms with Crippen LogP contribution in [0.4, 0.5) is 0 Å². The number of aromatic nitrogens is 2. The third-order valence-electron chi connectivity index (χ3n) is 6.88. The lowest BCUT2D eigenvalue weighted by atomic mass is 9.75. The van der Waals surface area contributed by atoms with Crippen LogP contribution in [-0.2, 0) is 9.53 Å². The van der Waals surface area contributed by atoms with Crippen molar-refractivity contribution in [3.63, 3.8) is 0 Å². The Bertz CT molecular complexity index is 859. The summed E-state index contributed by atoms with van der Waals surface area (Å²) < 4.78 is 8.46. The van der Waals surface area contributed by atoms with Gasteiger partial charge in [0.05, 0.1) is 30.4 Å². The van der Waals surface area contributed by atoms with Crippen molar-refractivity contribution in [1.29, 1.82) is 0 Å². The molecule has 5 atom stereocenters. The average molecular weight is 397 g/mol. The molecule has 2 unspecified atom stereocenters. The second-order valence-electron chi connectivity index (χ2n) is 9.19. The van der Waals surface area contributed by atoms with E-state index in [4.69, 9.17) is 4.74 Å². The number of nitrogens with zero attached hydrogens (tertiary/aromatic N) is 2. The molecule has 2 aliphatic rings. The van der Waals surface area contributed by atoms with Gasteiger partial charge in [0.2, 0.25) is 0 Å². The second kappa shape index (κ2) is 8.31. The Kier molecular flexibility index (Phi) is 5.77. The molecule has 1 aliphatic heterocycles. The van der Waals surface area contributed by atoms with Gasteiger partial charge in [-0.1, -0.05) is 51.5 Å². The van der Waals surface area contributed by atoms with Gasteiger partial charge in [-0.3, -0.25) is 0 Å². The summed E-state index contributed by atoms with van der Waals surface area (Å²) in [4.78, 5) is 16.3. The molecule has 0 bridgehead atoms. The average Bonchev–Trinajstić information content (AvgIpc) is 3.26. The maximum absolute atomic E-state index is 12.0. The van der Waals surface area contributed by atoms with Crippen molar-refractivity contribution in [3.05, 3.63) is 42.4 Å². The fourth-order valence-electron chi connectivity index (χ4n) is 5.27. The minimum atomic E-state index is -0.845. The van der Waals surface area contributed by atoms with Gasteiger partial charge < -0.3 is 14.4 Å². The molecule has 0 spiro atoms. The number of hydrogen-bond donors (Lipinski definition) is 1. The van der Waals surface area contributed by atoms with E-state index >= 15 is 0 Å². The van der Waals surface area contributed by atoms with Gasteiger partial charge in [-0.05, 0) is 49.0 Å². The molecule has 1 aromatic carbocycles. The molecule has 156 valence electrons. The number of ether oxygens (including phenoxy) is 1. The Balaban J connectivity index is 1.48. The Labute approximate surface area is 173 Å². The van der Waals surface area contributed by atoms with Gasteiger partial charge in [-0.2, -0.15) is 0 Å². The molecule has 1 N–H and O–H groups in total. The first kappa shape index (κ1) is 20.1. The van der Waals surface area contributed by atoms with Gasteiger partial charge in [0, 0.05) is 5.56 Å². The number of aliphatic carboxylic acids is 1. The topological polar surface area (TPSA) is 64.4 Å². The van der Waals surface area contributed by atoms with Gasteiger partial charge in [0.25, 0.3) is 0 Å². The fraction of sp³-hybridized carbons (Fsp3) is 0.583. The van der Waals surface area contributed by atoms with Crippen LogP contribution < -0.4 is 0 Å². The lowest BCUT2D eigenvalue weighted by Gasteiger charge is -2.38. The first-order valence-corrected chi connectivity index (χ1v) is 10.9. The largest absolute Gasteiger partial charge is 0.479 e. The van der Waals surface area contributed by atoms with E-state index in [1.807, 2.05) is 24.7 Å². The molecule has 5 nitrogen and oxygen atoms in total. The lowest BCUT2D eigenvalue weighted by molar-refractivity contribution is -0.161. The zero-order chi connectivity index (χ0) is 20.5. The summed E-state index contributed by atoms with van der Waals surface area (Å²) in [7, 11) is 0. The van der Waals surface area contributed by atoms with E-state index in [-0.39, 0.29) is 12.1 Å². The van der Waals surface area contributed by atoms with Crippen LogP contribution in [0.2, 0.25) is 0 Å². The first-order valence-electron chi connectivity index (χ1n) is 10.9. The van der Waals surface area contributed by atoms with Crippen LogP contribution in [0.15, 0.2) is 36.8 Å². The smallest absolute Gasteiger partial charge is 0.332 e. The molecule has 1 fully saturated rings. The monoisotopic (exact) mass is 396 g/mol. The van der Waals surface area contributed by atoms with Crippen LogP contribution in [0, 0.1) is 17.8 Å². The summed E-state index contributed by atoms with van der Waals surface area (Å²) in [6.07, 6.45) is 7.56. The second-order valence-corrected chi connectivity index (χ2v) is 9.19. The van der Waals surface area contributed by atoms with E-state index in [2.05, 4.69) is 42.5 Å². The summed E-state index contributed by atoms with van der Waals surface area (Å²) >= 11 is 0. The van der Waals surface area contributed by atoms with E-state index < -0.39 is 12.1 Å². The van der Waals surface area contributed by atoms with Gasteiger partial charge in [-0.15, -0.1) is 0 Å². The third-order valence-corrected chi connectivity index (χ3v) is 6.88. The van der Waals surface area contributed by atoms with E-state index in [1.54, 1.807) is 0 Å². The highest BCUT2D eigenvalue weighted by Crippen LogP contribution is 2.42. The summed E-state index contributed by atoms with van der Waals surface area (Å²) in [5.74, 6) is 0.709. The molecule has 0 amide bonds. The van der Waals surface area contributed by atoms with Gasteiger partial charge in [0.1, 0.15) is 0 Å². The van der Waals surface area contributed by atoms with E-state index in [1.165, 1.54) is 17.5 Å². The Hall–Kier alpha value is -2.14. The van der Waals surface area contributed by atoms with Crippen LogP contribution in [0.5, 0.6) is 0 Å². The minimum Gasteiger partial charge on any atom is -0.479 e. The van der Waals surface area contributed by atoms with Gasteiger partial charge >= 0.3 is 5.97 Å². The van der Waals surface area contributed by atoms with E-state index in [9.17, 15) is 9.90 Å². The Morgan fingerprint density at radius 3 is 2.86 bits per heavy atom. The molecule has 29 heavy (non-hydrogen) atoms. The van der Waals surface area contributed by atoms with Gasteiger partial charge in [0.15, 0.2) is 6.10 Å². The first-order chi connectivity index (χ1) is 14.0. The summed E-state index contributed by atoms with van der Waals surface area (Å²) in [6.45, 7) is 6.70. The predicted molar refractivity (Wildman–Crippen MR) is 113 cm³/mol. The quantitative estimate of drug-likeness (QED) is 0.702. The normalized spacial score (nSPS) is 26.9. The molecule has 1 aliphatic carbocycles. The fourth-order valence-corrected chi connectivity index (χ4v) is 5.27. The third kappa shape index (κ3) is 3.97. The number of rotatable bonds is 7. The van der Waals surface area contributed by atoms with Crippen LogP contribution in [0.1, 0.15) is 64.5 Å². The number of benzene rings is 1. The number of imidazole rings is 1. The number of hydrogen-bond acceptors (Lipinski definition) is 3. The van der Waals surface area contributed by atoms with Crippen LogP contribution in [-0.4, -0.2) is 32.8 Å². The number of carbonyl (C=O) groups is 1. The zero-order valence-electron chi connectivity index (χ0n) is 17.6. The van der Waals surface area contributed by atoms with Crippen molar-refractivity contribution in [2.45, 2.75) is 71.1 Å². The standard InChI is InChI=1S/C24H32N2O3/c1-15(2)17-9-8-16(3)12-23(17)29-22(24(27)28)11-10-20-18-6-4-5-7-19(18)21-13-25-14-26(20)21/h4-7,13-17,20,22-23H,8-12H2,1-3H3,(H,27,28)/t16-,17+,20?,22?,23+/m0/s1. The Morgan fingerprint density at radius 2 is 2.10 bits per heavy atom. The van der Waals surface area contributed by atoms with Crippen molar-refractivity contribution < 1.29 is 14.6 Å². The molecule has 4 rings (SSSR count). The highest BCUT2D eigenvalue weighted by atomic mass is 16.5. The predicted octanol–water partition coefficient (Wildman–Crippen LogP) is 5.16. The van der Waals surface area contributed by atoms with Crippen molar-refractivity contribution in [1.82, 2.24) is 9.55 Å². The lowest BCUT2D eigenvalue weighted by Crippen LogP contribution is -2.39. The van der Waals surface area contributed by atoms with Crippen molar-refractivity contribution >= 4 is 5.97 Å². The molecule has 5 heteroatoms. The molecule has 1 saturated carbocycles. The molecule has 2 heterocycles. The highest BCUT2D eigenvalue weighted by Gasteiger charge is 2.36. The van der Waals surface area contributed by atoms with E-state index in [0.717, 1.165) is 25.0 Å². The number of carboxylic acid groups (broad SMARTS) is 1. The molecule has 2 aromatic rings. The van der Waals surface area contributed by atoms with Crippen LogP contribution in [0.3, 0.4) is 0 Å². The van der Waals surface area contributed by atoms with E-state index in [0.29, 0.717) is 24.2 Å². The maximum atomic E-state index is 12.0. The number of carboxylic acids is 1. The number of fused-ring (bicyclic) bond motifs is 3. The summed E-state index contributed by atoms with van der Waals surface area (Å²) in [6, 6.07) is 8.47.